The Morgan fingerprint density at radius 3 is 2.35 bits per heavy atom. The summed E-state index contributed by atoms with van der Waals surface area (Å²) in [5, 5.41) is 0. The molecule has 0 aromatic heterocycles. The highest BCUT2D eigenvalue weighted by Gasteiger charge is 2.35. The molecule has 0 saturated carbocycles. The molecule has 0 saturated heterocycles. The maximum Gasteiger partial charge on any atom is 0.140 e. The van der Waals surface area contributed by atoms with Crippen LogP contribution in [0.15, 0.2) is 78.9 Å². The van der Waals surface area contributed by atoms with E-state index in [1.54, 1.807) is 0 Å². The first-order valence-electron chi connectivity index (χ1n) is 9.25. The van der Waals surface area contributed by atoms with Gasteiger partial charge in [0.05, 0.1) is 6.04 Å². The van der Waals surface area contributed by atoms with E-state index in [4.69, 9.17) is 4.74 Å². The van der Waals surface area contributed by atoms with E-state index in [1.807, 2.05) is 0 Å². The molecule has 1 aliphatic rings. The van der Waals surface area contributed by atoms with E-state index in [9.17, 15) is 0 Å². The molecule has 0 fully saturated rings. The van der Waals surface area contributed by atoms with Crippen molar-refractivity contribution in [2.75, 3.05) is 14.1 Å². The molecule has 3 aromatic rings. The predicted octanol–water partition coefficient (Wildman–Crippen LogP) is 4.88. The highest BCUT2D eigenvalue weighted by molar-refractivity contribution is 5.41. The summed E-state index contributed by atoms with van der Waals surface area (Å²) in [6.45, 7) is 0. The minimum Gasteiger partial charge on any atom is -0.484 e. The van der Waals surface area contributed by atoms with Gasteiger partial charge >= 0.3 is 0 Å². The van der Waals surface area contributed by atoms with Gasteiger partial charge in [0.15, 0.2) is 0 Å². The predicted molar refractivity (Wildman–Crippen MR) is 107 cm³/mol. The second kappa shape index (κ2) is 7.35. The first kappa shape index (κ1) is 16.9. The van der Waals surface area contributed by atoms with Crippen molar-refractivity contribution in [3.05, 3.63) is 101 Å². The summed E-state index contributed by atoms with van der Waals surface area (Å²) in [5.41, 5.74) is 5.26. The van der Waals surface area contributed by atoms with Gasteiger partial charge in [-0.1, -0.05) is 72.8 Å². The van der Waals surface area contributed by atoms with E-state index in [0.29, 0.717) is 6.04 Å². The van der Waals surface area contributed by atoms with Crippen LogP contribution in [-0.2, 0) is 12.8 Å². The first-order valence-corrected chi connectivity index (χ1v) is 9.25. The third kappa shape index (κ3) is 3.38. The highest BCUT2D eigenvalue weighted by Crippen LogP contribution is 2.38. The maximum absolute atomic E-state index is 6.64. The number of benzene rings is 3. The molecule has 26 heavy (non-hydrogen) atoms. The number of likely N-dealkylation sites (N-methyl/N-ethyl adjacent to an activating group) is 1. The Morgan fingerprint density at radius 2 is 1.54 bits per heavy atom. The third-order valence-corrected chi connectivity index (χ3v) is 5.27. The summed E-state index contributed by atoms with van der Waals surface area (Å²) in [4.78, 5) is 2.28. The largest absolute Gasteiger partial charge is 0.484 e. The van der Waals surface area contributed by atoms with Crippen molar-refractivity contribution in [1.29, 1.82) is 0 Å². The van der Waals surface area contributed by atoms with Crippen molar-refractivity contribution >= 4 is 0 Å². The van der Waals surface area contributed by atoms with Crippen LogP contribution in [0.4, 0.5) is 0 Å². The van der Waals surface area contributed by atoms with Gasteiger partial charge in [0, 0.05) is 6.42 Å². The molecular weight excluding hydrogens is 318 g/mol. The minimum absolute atomic E-state index is 0.0677. The normalized spacial score (nSPS) is 18.7. The monoisotopic (exact) mass is 343 g/mol. The van der Waals surface area contributed by atoms with E-state index in [0.717, 1.165) is 18.6 Å². The molecule has 132 valence electrons. The average Bonchev–Trinajstić information content (AvgIpc) is 3.03. The molecule has 2 atom stereocenters. The lowest BCUT2D eigenvalue weighted by Gasteiger charge is -2.28. The molecule has 0 unspecified atom stereocenters. The van der Waals surface area contributed by atoms with Gasteiger partial charge in [-0.2, -0.15) is 0 Å². The number of fused-ring (bicyclic) bond motifs is 1. The highest BCUT2D eigenvalue weighted by atomic mass is 16.5. The van der Waals surface area contributed by atoms with Gasteiger partial charge in [-0.15, -0.1) is 0 Å². The smallest absolute Gasteiger partial charge is 0.140 e. The van der Waals surface area contributed by atoms with Crippen molar-refractivity contribution < 1.29 is 4.74 Å². The van der Waals surface area contributed by atoms with Crippen LogP contribution in [-0.4, -0.2) is 25.0 Å². The Morgan fingerprint density at radius 1 is 0.846 bits per heavy atom. The number of nitrogens with zero attached hydrogens (tertiary/aromatic N) is 1. The van der Waals surface area contributed by atoms with Gasteiger partial charge in [-0.05, 0) is 48.8 Å². The summed E-state index contributed by atoms with van der Waals surface area (Å²) in [7, 11) is 4.28. The van der Waals surface area contributed by atoms with Crippen LogP contribution in [0.3, 0.4) is 0 Å². The number of para-hydroxylation sites is 1. The fourth-order valence-electron chi connectivity index (χ4n) is 3.85. The molecular formula is C24H25NO. The fourth-order valence-corrected chi connectivity index (χ4v) is 3.85. The van der Waals surface area contributed by atoms with Gasteiger partial charge in [0.2, 0.25) is 0 Å². The Bertz CT molecular complexity index is 872. The van der Waals surface area contributed by atoms with Crippen molar-refractivity contribution in [3.8, 4) is 5.75 Å². The molecule has 0 N–H and O–H groups in total. The van der Waals surface area contributed by atoms with Gasteiger partial charge in [-0.3, -0.25) is 0 Å². The Balaban J connectivity index is 1.64. The minimum atomic E-state index is 0.0677. The first-order chi connectivity index (χ1) is 12.7. The van der Waals surface area contributed by atoms with Crippen LogP contribution in [0.1, 0.15) is 28.4 Å². The molecule has 2 nitrogen and oxygen atoms in total. The number of ether oxygens (including phenoxy) is 1. The number of hydrogen-bond acceptors (Lipinski definition) is 2. The van der Waals surface area contributed by atoms with Crippen molar-refractivity contribution in [1.82, 2.24) is 4.90 Å². The summed E-state index contributed by atoms with van der Waals surface area (Å²) in [6.07, 6.45) is 1.99. The molecule has 0 amide bonds. The van der Waals surface area contributed by atoms with Crippen molar-refractivity contribution in [2.24, 2.45) is 0 Å². The lowest BCUT2D eigenvalue weighted by Crippen LogP contribution is -2.34. The van der Waals surface area contributed by atoms with Gasteiger partial charge in [0.25, 0.3) is 0 Å². The zero-order valence-electron chi connectivity index (χ0n) is 15.4. The summed E-state index contributed by atoms with van der Waals surface area (Å²) >= 11 is 0. The van der Waals surface area contributed by atoms with Crippen LogP contribution in [0.2, 0.25) is 0 Å². The Labute approximate surface area is 156 Å². The van der Waals surface area contributed by atoms with Crippen LogP contribution in [0.5, 0.6) is 5.75 Å². The summed E-state index contributed by atoms with van der Waals surface area (Å²) in [5.74, 6) is 0.991. The molecule has 2 heteroatoms. The van der Waals surface area contributed by atoms with E-state index in [1.165, 1.54) is 22.3 Å². The molecule has 0 spiro atoms. The quantitative estimate of drug-likeness (QED) is 0.654. The van der Waals surface area contributed by atoms with Crippen LogP contribution in [0.25, 0.3) is 0 Å². The van der Waals surface area contributed by atoms with Crippen LogP contribution < -0.4 is 4.74 Å². The lowest BCUT2D eigenvalue weighted by molar-refractivity contribution is 0.110. The number of hydrogen-bond donors (Lipinski definition) is 0. The Kier molecular flexibility index (Phi) is 4.77. The average molecular weight is 343 g/mol. The molecule has 1 aliphatic carbocycles. The zero-order valence-corrected chi connectivity index (χ0v) is 15.4. The van der Waals surface area contributed by atoms with E-state index >= 15 is 0 Å². The molecule has 0 aliphatic heterocycles. The van der Waals surface area contributed by atoms with Crippen LogP contribution in [0, 0.1) is 0 Å². The molecule has 4 rings (SSSR count). The van der Waals surface area contributed by atoms with E-state index in [-0.39, 0.29) is 6.10 Å². The van der Waals surface area contributed by atoms with Crippen molar-refractivity contribution in [3.63, 3.8) is 0 Å². The maximum atomic E-state index is 6.64. The van der Waals surface area contributed by atoms with Crippen molar-refractivity contribution in [2.45, 2.75) is 25.0 Å². The number of rotatable bonds is 5. The molecule has 0 radical (unpaired) electrons. The van der Waals surface area contributed by atoms with Gasteiger partial charge in [0.1, 0.15) is 11.9 Å². The summed E-state index contributed by atoms with van der Waals surface area (Å²) in [6, 6.07) is 28.1. The zero-order chi connectivity index (χ0) is 17.9. The molecule has 0 bridgehead atoms. The Hall–Kier alpha value is -2.58. The SMILES string of the molecule is CN(C)[C@H]1Cc2ccccc2[C@H]1Oc1ccccc1Cc1ccccc1. The second-order valence-electron chi connectivity index (χ2n) is 7.24. The van der Waals surface area contributed by atoms with E-state index < -0.39 is 0 Å². The van der Waals surface area contributed by atoms with Crippen LogP contribution >= 0.6 is 0 Å². The summed E-state index contributed by atoms with van der Waals surface area (Å²) < 4.78 is 6.64. The van der Waals surface area contributed by atoms with E-state index in [2.05, 4.69) is 97.9 Å². The molecule has 3 aromatic carbocycles. The topological polar surface area (TPSA) is 12.5 Å². The second-order valence-corrected chi connectivity index (χ2v) is 7.24. The standard InChI is InChI=1S/C24H25NO/c1-25(2)22-17-19-12-6-8-14-21(19)24(22)26-23-15-9-7-13-20(23)16-18-10-4-3-5-11-18/h3-15,22,24H,16-17H2,1-2H3/t22-,24+/m0/s1. The fraction of sp³-hybridized carbons (Fsp3) is 0.250. The lowest BCUT2D eigenvalue weighted by atomic mass is 10.0. The van der Waals surface area contributed by atoms with Gasteiger partial charge < -0.3 is 9.64 Å². The van der Waals surface area contributed by atoms with Gasteiger partial charge in [-0.25, -0.2) is 0 Å². The molecule has 0 heterocycles. The third-order valence-electron chi connectivity index (χ3n) is 5.27.